The third-order valence-corrected chi connectivity index (χ3v) is 2.27. The number of carbonyl (C=O) groups is 2. The molecule has 1 atom stereocenters. The lowest BCUT2D eigenvalue weighted by Crippen LogP contribution is -2.42. The van der Waals surface area contributed by atoms with Gasteiger partial charge < -0.3 is 15.7 Å². The average Bonchev–Trinajstić information content (AvgIpc) is 2.68. The number of carboxylic acid groups (broad SMARTS) is 1. The van der Waals surface area contributed by atoms with Gasteiger partial charge >= 0.3 is 12.0 Å². The third-order valence-electron chi connectivity index (χ3n) is 2.27. The summed E-state index contributed by atoms with van der Waals surface area (Å²) in [5, 5.41) is 20.1. The van der Waals surface area contributed by atoms with Crippen molar-refractivity contribution in [3.05, 3.63) is 12.4 Å². The Morgan fingerprint density at radius 3 is 2.71 bits per heavy atom. The standard InChI is InChI=1S/C10H16N4O3/c1-6(2)8(3-9(15)16)14-10(17)13-7-4-11-12-5-7/h4-6,8H,3H2,1-2H3,(H,11,12)(H,15,16)(H2,13,14,17). The first-order valence-electron chi connectivity index (χ1n) is 5.27. The van der Waals surface area contributed by atoms with Gasteiger partial charge in [-0.1, -0.05) is 13.8 Å². The molecule has 0 aliphatic heterocycles. The number of amides is 2. The lowest BCUT2D eigenvalue weighted by Gasteiger charge is -2.20. The van der Waals surface area contributed by atoms with E-state index in [-0.39, 0.29) is 12.3 Å². The van der Waals surface area contributed by atoms with Gasteiger partial charge in [0, 0.05) is 12.2 Å². The number of rotatable bonds is 5. The van der Waals surface area contributed by atoms with Gasteiger partial charge in [-0.05, 0) is 5.92 Å². The zero-order valence-electron chi connectivity index (χ0n) is 9.73. The zero-order chi connectivity index (χ0) is 12.8. The van der Waals surface area contributed by atoms with E-state index in [1.807, 2.05) is 13.8 Å². The molecule has 0 aliphatic rings. The molecule has 1 unspecified atom stereocenters. The largest absolute Gasteiger partial charge is 0.481 e. The second-order valence-electron chi connectivity index (χ2n) is 4.03. The van der Waals surface area contributed by atoms with E-state index in [4.69, 9.17) is 5.11 Å². The summed E-state index contributed by atoms with van der Waals surface area (Å²) in [6.07, 6.45) is 2.89. The summed E-state index contributed by atoms with van der Waals surface area (Å²) in [7, 11) is 0. The maximum atomic E-state index is 11.5. The Kier molecular flexibility index (Phi) is 4.50. The van der Waals surface area contributed by atoms with Crippen molar-refractivity contribution in [3.63, 3.8) is 0 Å². The van der Waals surface area contributed by atoms with Crippen molar-refractivity contribution < 1.29 is 14.7 Å². The van der Waals surface area contributed by atoms with Crippen molar-refractivity contribution in [1.82, 2.24) is 15.5 Å². The van der Waals surface area contributed by atoms with Crippen LogP contribution in [-0.4, -0.2) is 33.3 Å². The first-order chi connectivity index (χ1) is 7.99. The molecule has 4 N–H and O–H groups in total. The van der Waals surface area contributed by atoms with Crippen molar-refractivity contribution in [1.29, 1.82) is 0 Å². The number of nitrogens with zero attached hydrogens (tertiary/aromatic N) is 1. The Morgan fingerprint density at radius 1 is 1.53 bits per heavy atom. The SMILES string of the molecule is CC(C)C(CC(=O)O)NC(=O)Nc1cn[nH]c1. The van der Waals surface area contributed by atoms with Gasteiger partial charge in [0.1, 0.15) is 0 Å². The van der Waals surface area contributed by atoms with Crippen LogP contribution in [0.4, 0.5) is 10.5 Å². The average molecular weight is 240 g/mol. The molecule has 0 aromatic carbocycles. The highest BCUT2D eigenvalue weighted by molar-refractivity contribution is 5.89. The number of urea groups is 1. The highest BCUT2D eigenvalue weighted by Crippen LogP contribution is 2.07. The number of aromatic nitrogens is 2. The maximum absolute atomic E-state index is 11.5. The number of anilines is 1. The second kappa shape index (κ2) is 5.88. The van der Waals surface area contributed by atoms with E-state index in [1.54, 1.807) is 0 Å². The predicted octanol–water partition coefficient (Wildman–Crippen LogP) is 1.03. The molecule has 7 heteroatoms. The maximum Gasteiger partial charge on any atom is 0.319 e. The molecule has 7 nitrogen and oxygen atoms in total. The van der Waals surface area contributed by atoms with Crippen LogP contribution in [-0.2, 0) is 4.79 Å². The molecule has 0 saturated carbocycles. The molecule has 0 spiro atoms. The molecule has 1 heterocycles. The number of nitrogens with one attached hydrogen (secondary N) is 3. The number of carboxylic acids is 1. The molecule has 94 valence electrons. The van der Waals surface area contributed by atoms with Crippen LogP contribution in [0.3, 0.4) is 0 Å². The summed E-state index contributed by atoms with van der Waals surface area (Å²) < 4.78 is 0. The van der Waals surface area contributed by atoms with Crippen molar-refractivity contribution >= 4 is 17.7 Å². The number of H-pyrrole nitrogens is 1. The van der Waals surface area contributed by atoms with Crippen LogP contribution < -0.4 is 10.6 Å². The van der Waals surface area contributed by atoms with E-state index in [0.717, 1.165) is 0 Å². The molecule has 0 saturated heterocycles. The summed E-state index contributed by atoms with van der Waals surface area (Å²) >= 11 is 0. The minimum atomic E-state index is -0.938. The highest BCUT2D eigenvalue weighted by atomic mass is 16.4. The summed E-state index contributed by atoms with van der Waals surface area (Å²) in [5.41, 5.74) is 0.528. The van der Waals surface area contributed by atoms with Gasteiger partial charge in [0.15, 0.2) is 0 Å². The van der Waals surface area contributed by atoms with E-state index in [1.165, 1.54) is 12.4 Å². The fourth-order valence-corrected chi connectivity index (χ4v) is 1.30. The van der Waals surface area contributed by atoms with Crippen molar-refractivity contribution in [2.75, 3.05) is 5.32 Å². The number of aliphatic carboxylic acids is 1. The number of aromatic amines is 1. The van der Waals surface area contributed by atoms with E-state index in [0.29, 0.717) is 5.69 Å². The van der Waals surface area contributed by atoms with Crippen molar-refractivity contribution in [3.8, 4) is 0 Å². The van der Waals surface area contributed by atoms with E-state index < -0.39 is 18.0 Å². The van der Waals surface area contributed by atoms with E-state index in [9.17, 15) is 9.59 Å². The first kappa shape index (κ1) is 13.0. The Morgan fingerprint density at radius 2 is 2.24 bits per heavy atom. The Labute approximate surface area is 98.6 Å². The topological polar surface area (TPSA) is 107 Å². The Bertz CT molecular complexity index is 375. The minimum absolute atomic E-state index is 0.0428. The van der Waals surface area contributed by atoms with Crippen LogP contribution in [0.25, 0.3) is 0 Å². The molecule has 17 heavy (non-hydrogen) atoms. The molecular weight excluding hydrogens is 224 g/mol. The highest BCUT2D eigenvalue weighted by Gasteiger charge is 2.19. The van der Waals surface area contributed by atoms with Gasteiger partial charge in [0.25, 0.3) is 0 Å². The fourth-order valence-electron chi connectivity index (χ4n) is 1.30. The second-order valence-corrected chi connectivity index (χ2v) is 4.03. The zero-order valence-corrected chi connectivity index (χ0v) is 9.73. The van der Waals surface area contributed by atoms with E-state index >= 15 is 0 Å². The van der Waals surface area contributed by atoms with Gasteiger partial charge in [0.2, 0.25) is 0 Å². The number of hydrogen-bond donors (Lipinski definition) is 4. The van der Waals surface area contributed by atoms with Crippen molar-refractivity contribution in [2.24, 2.45) is 5.92 Å². The fraction of sp³-hybridized carbons (Fsp3) is 0.500. The van der Waals surface area contributed by atoms with Gasteiger partial charge in [-0.25, -0.2) is 4.79 Å². The molecule has 1 aromatic heterocycles. The molecule has 1 rings (SSSR count). The smallest absolute Gasteiger partial charge is 0.319 e. The number of hydrogen-bond acceptors (Lipinski definition) is 3. The summed E-state index contributed by atoms with van der Waals surface area (Å²) in [6, 6.07) is -0.842. The van der Waals surface area contributed by atoms with Crippen molar-refractivity contribution in [2.45, 2.75) is 26.3 Å². The molecule has 0 fully saturated rings. The van der Waals surface area contributed by atoms with Crippen LogP contribution in [0.5, 0.6) is 0 Å². The van der Waals surface area contributed by atoms with Crippen LogP contribution in [0.1, 0.15) is 20.3 Å². The van der Waals surface area contributed by atoms with Gasteiger partial charge in [-0.15, -0.1) is 0 Å². The molecular formula is C10H16N4O3. The van der Waals surface area contributed by atoms with Gasteiger partial charge in [-0.2, -0.15) is 5.10 Å². The summed E-state index contributed by atoms with van der Waals surface area (Å²) in [4.78, 5) is 22.2. The molecule has 1 aromatic rings. The van der Waals surface area contributed by atoms with Gasteiger partial charge in [-0.3, -0.25) is 9.89 Å². The Balaban J connectivity index is 2.49. The normalized spacial score (nSPS) is 12.2. The molecule has 2 amide bonds. The van der Waals surface area contributed by atoms with Crippen LogP contribution in [0.15, 0.2) is 12.4 Å². The summed E-state index contributed by atoms with van der Waals surface area (Å²) in [5.74, 6) is -0.895. The predicted molar refractivity (Wildman–Crippen MR) is 61.6 cm³/mol. The minimum Gasteiger partial charge on any atom is -0.481 e. The third kappa shape index (κ3) is 4.54. The lowest BCUT2D eigenvalue weighted by atomic mass is 10.0. The molecule has 0 aliphatic carbocycles. The lowest BCUT2D eigenvalue weighted by molar-refractivity contribution is -0.137. The monoisotopic (exact) mass is 240 g/mol. The first-order valence-corrected chi connectivity index (χ1v) is 5.27. The number of carbonyl (C=O) groups excluding carboxylic acids is 1. The van der Waals surface area contributed by atoms with Crippen LogP contribution in [0, 0.1) is 5.92 Å². The quantitative estimate of drug-likeness (QED) is 0.616. The van der Waals surface area contributed by atoms with Crippen LogP contribution >= 0.6 is 0 Å². The van der Waals surface area contributed by atoms with Gasteiger partial charge in [0.05, 0.1) is 18.3 Å². The summed E-state index contributed by atoms with van der Waals surface area (Å²) in [6.45, 7) is 3.71. The van der Waals surface area contributed by atoms with Crippen LogP contribution in [0.2, 0.25) is 0 Å². The Hall–Kier alpha value is -2.05. The van der Waals surface area contributed by atoms with E-state index in [2.05, 4.69) is 20.8 Å². The molecule has 0 bridgehead atoms. The molecule has 0 radical (unpaired) electrons.